The summed E-state index contributed by atoms with van der Waals surface area (Å²) in [6, 6.07) is 21.2. The van der Waals surface area contributed by atoms with E-state index in [1.807, 2.05) is 24.3 Å². The Morgan fingerprint density at radius 1 is 0.680 bits per heavy atom. The molecule has 5 heteroatoms. The molecule has 2 amide bonds. The molecule has 3 rings (SSSR count). The largest absolute Gasteiger partial charge is 0.399 e. The molecule has 0 spiro atoms. The number of carbonyl (C=O) groups is 2. The lowest BCUT2D eigenvalue weighted by Gasteiger charge is -2.07. The van der Waals surface area contributed by atoms with Gasteiger partial charge < -0.3 is 16.8 Å². The third-order valence-electron chi connectivity index (χ3n) is 3.82. The molecule has 5 N–H and O–H groups in total. The first kappa shape index (κ1) is 16.3. The van der Waals surface area contributed by atoms with E-state index in [9.17, 15) is 9.59 Å². The molecule has 25 heavy (non-hydrogen) atoms. The lowest BCUT2D eigenvalue weighted by molar-refractivity contribution is 0.0997. The molecule has 0 atom stereocenters. The molecule has 5 nitrogen and oxygen atoms in total. The Balaban J connectivity index is 1.74. The molecule has 0 aliphatic heterocycles. The van der Waals surface area contributed by atoms with Crippen LogP contribution in [0.2, 0.25) is 0 Å². The summed E-state index contributed by atoms with van der Waals surface area (Å²) in [6.07, 6.45) is 0. The van der Waals surface area contributed by atoms with Crippen molar-refractivity contribution in [3.8, 4) is 11.1 Å². The Morgan fingerprint density at radius 2 is 1.16 bits per heavy atom. The second kappa shape index (κ2) is 6.88. The van der Waals surface area contributed by atoms with E-state index in [2.05, 4.69) is 5.32 Å². The molecule has 0 fully saturated rings. The van der Waals surface area contributed by atoms with Gasteiger partial charge >= 0.3 is 0 Å². The van der Waals surface area contributed by atoms with Gasteiger partial charge in [0.15, 0.2) is 0 Å². The molecule has 3 aromatic rings. The zero-order chi connectivity index (χ0) is 17.8. The Hall–Kier alpha value is -3.60. The van der Waals surface area contributed by atoms with Crippen molar-refractivity contribution in [2.75, 3.05) is 11.1 Å². The molecule has 0 aromatic heterocycles. The van der Waals surface area contributed by atoms with Crippen LogP contribution in [0.5, 0.6) is 0 Å². The van der Waals surface area contributed by atoms with Crippen LogP contribution >= 0.6 is 0 Å². The zero-order valence-corrected chi connectivity index (χ0v) is 13.4. The predicted molar refractivity (Wildman–Crippen MR) is 99.2 cm³/mol. The molecule has 0 heterocycles. The van der Waals surface area contributed by atoms with Crippen LogP contribution < -0.4 is 16.8 Å². The fraction of sp³-hybridized carbons (Fsp3) is 0. The molecule has 3 aromatic carbocycles. The molecule has 0 saturated carbocycles. The second-order valence-corrected chi connectivity index (χ2v) is 5.60. The number of nitrogens with two attached hydrogens (primary N) is 2. The summed E-state index contributed by atoms with van der Waals surface area (Å²) >= 11 is 0. The summed E-state index contributed by atoms with van der Waals surface area (Å²) in [5.41, 5.74) is 15.1. The van der Waals surface area contributed by atoms with E-state index in [-0.39, 0.29) is 5.91 Å². The first-order valence-electron chi connectivity index (χ1n) is 7.70. The number of anilines is 2. The van der Waals surface area contributed by atoms with Crippen LogP contribution in [0.3, 0.4) is 0 Å². The summed E-state index contributed by atoms with van der Waals surface area (Å²) in [5, 5.41) is 2.82. The van der Waals surface area contributed by atoms with Crippen LogP contribution in [0.25, 0.3) is 11.1 Å². The van der Waals surface area contributed by atoms with Crippen LogP contribution in [-0.4, -0.2) is 11.8 Å². The number of carbonyl (C=O) groups excluding carboxylic acids is 2. The summed E-state index contributed by atoms with van der Waals surface area (Å²) in [4.78, 5) is 23.4. The van der Waals surface area contributed by atoms with E-state index in [1.54, 1.807) is 48.5 Å². The number of hydrogen-bond donors (Lipinski definition) is 3. The average molecular weight is 331 g/mol. The SMILES string of the molecule is NC(=O)c1ccc(-c2ccc(C(=O)Nc3ccc(N)cc3)cc2)cc1. The van der Waals surface area contributed by atoms with Gasteiger partial charge in [0.05, 0.1) is 0 Å². The maximum atomic E-state index is 12.3. The minimum absolute atomic E-state index is 0.194. The lowest BCUT2D eigenvalue weighted by Crippen LogP contribution is -2.11. The molecule has 124 valence electrons. The Morgan fingerprint density at radius 3 is 1.64 bits per heavy atom. The monoisotopic (exact) mass is 331 g/mol. The molecular formula is C20H17N3O2. The summed E-state index contributed by atoms with van der Waals surface area (Å²) in [7, 11) is 0. The van der Waals surface area contributed by atoms with Crippen molar-refractivity contribution in [3.05, 3.63) is 83.9 Å². The Labute approximate surface area is 145 Å². The quantitative estimate of drug-likeness (QED) is 0.640. The third-order valence-corrected chi connectivity index (χ3v) is 3.82. The van der Waals surface area contributed by atoms with Crippen LogP contribution in [-0.2, 0) is 0 Å². The Kier molecular flexibility index (Phi) is 4.48. The fourth-order valence-electron chi connectivity index (χ4n) is 2.41. The minimum Gasteiger partial charge on any atom is -0.399 e. The number of nitrogens with one attached hydrogen (secondary N) is 1. The molecule has 0 unspecified atom stereocenters. The fourth-order valence-corrected chi connectivity index (χ4v) is 2.41. The number of primary amides is 1. The van der Waals surface area contributed by atoms with E-state index in [1.165, 1.54) is 0 Å². The van der Waals surface area contributed by atoms with Crippen molar-refractivity contribution >= 4 is 23.2 Å². The molecule has 0 aliphatic rings. The summed E-state index contributed by atoms with van der Waals surface area (Å²) < 4.78 is 0. The van der Waals surface area contributed by atoms with E-state index in [0.29, 0.717) is 22.5 Å². The second-order valence-electron chi connectivity index (χ2n) is 5.60. The molecular weight excluding hydrogens is 314 g/mol. The van der Waals surface area contributed by atoms with Gasteiger partial charge in [-0.05, 0) is 59.7 Å². The predicted octanol–water partition coefficient (Wildman–Crippen LogP) is 3.29. The van der Waals surface area contributed by atoms with Crippen LogP contribution in [0.4, 0.5) is 11.4 Å². The highest BCUT2D eigenvalue weighted by atomic mass is 16.2. The van der Waals surface area contributed by atoms with Gasteiger partial charge in [0.2, 0.25) is 5.91 Å². The summed E-state index contributed by atoms with van der Waals surface area (Å²) in [5.74, 6) is -0.651. The van der Waals surface area contributed by atoms with Crippen LogP contribution in [0, 0.1) is 0 Å². The number of hydrogen-bond acceptors (Lipinski definition) is 3. The van der Waals surface area contributed by atoms with Gasteiger partial charge in [0, 0.05) is 22.5 Å². The van der Waals surface area contributed by atoms with E-state index in [0.717, 1.165) is 11.1 Å². The van der Waals surface area contributed by atoms with Gasteiger partial charge in [-0.25, -0.2) is 0 Å². The van der Waals surface area contributed by atoms with E-state index in [4.69, 9.17) is 11.5 Å². The van der Waals surface area contributed by atoms with Crippen molar-refractivity contribution in [2.24, 2.45) is 5.73 Å². The molecule has 0 radical (unpaired) electrons. The highest BCUT2D eigenvalue weighted by molar-refractivity contribution is 6.04. The van der Waals surface area contributed by atoms with Crippen LogP contribution in [0.15, 0.2) is 72.8 Å². The standard InChI is InChI=1S/C20H17N3O2/c21-17-9-11-18(12-10-17)23-20(25)16-7-3-14(4-8-16)13-1-5-15(6-2-13)19(22)24/h1-12H,21H2,(H2,22,24)(H,23,25). The number of rotatable bonds is 4. The van der Waals surface area contributed by atoms with Crippen LogP contribution in [0.1, 0.15) is 20.7 Å². The van der Waals surface area contributed by atoms with Crippen molar-refractivity contribution in [2.45, 2.75) is 0 Å². The van der Waals surface area contributed by atoms with Gasteiger partial charge in [0.25, 0.3) is 5.91 Å². The van der Waals surface area contributed by atoms with Gasteiger partial charge in [0.1, 0.15) is 0 Å². The van der Waals surface area contributed by atoms with Gasteiger partial charge in [-0.3, -0.25) is 9.59 Å². The maximum absolute atomic E-state index is 12.3. The van der Waals surface area contributed by atoms with Crippen molar-refractivity contribution in [1.29, 1.82) is 0 Å². The smallest absolute Gasteiger partial charge is 0.255 e. The molecule has 0 aliphatic carbocycles. The van der Waals surface area contributed by atoms with Crippen molar-refractivity contribution in [3.63, 3.8) is 0 Å². The normalized spacial score (nSPS) is 10.2. The number of benzene rings is 3. The first-order valence-corrected chi connectivity index (χ1v) is 7.70. The van der Waals surface area contributed by atoms with E-state index >= 15 is 0 Å². The van der Waals surface area contributed by atoms with Gasteiger partial charge in [-0.1, -0.05) is 24.3 Å². The number of amides is 2. The van der Waals surface area contributed by atoms with E-state index < -0.39 is 5.91 Å². The van der Waals surface area contributed by atoms with Crippen molar-refractivity contribution < 1.29 is 9.59 Å². The van der Waals surface area contributed by atoms with Gasteiger partial charge in [-0.15, -0.1) is 0 Å². The zero-order valence-electron chi connectivity index (χ0n) is 13.4. The number of nitrogen functional groups attached to an aromatic ring is 1. The molecule has 0 bridgehead atoms. The first-order chi connectivity index (χ1) is 12.0. The Bertz CT molecular complexity index is 899. The highest BCUT2D eigenvalue weighted by Gasteiger charge is 2.07. The topological polar surface area (TPSA) is 98.2 Å². The maximum Gasteiger partial charge on any atom is 0.255 e. The molecule has 0 saturated heterocycles. The average Bonchev–Trinajstić information content (AvgIpc) is 2.64. The summed E-state index contributed by atoms with van der Waals surface area (Å²) in [6.45, 7) is 0. The van der Waals surface area contributed by atoms with Gasteiger partial charge in [-0.2, -0.15) is 0 Å². The lowest BCUT2D eigenvalue weighted by atomic mass is 10.0. The minimum atomic E-state index is -0.457. The van der Waals surface area contributed by atoms with Crippen molar-refractivity contribution in [1.82, 2.24) is 0 Å². The third kappa shape index (κ3) is 3.84. The highest BCUT2D eigenvalue weighted by Crippen LogP contribution is 2.21.